The van der Waals surface area contributed by atoms with E-state index in [1.165, 1.54) is 102 Å². The summed E-state index contributed by atoms with van der Waals surface area (Å²) in [6.07, 6.45) is 20.1. The van der Waals surface area contributed by atoms with Gasteiger partial charge >= 0.3 is 0 Å². The van der Waals surface area contributed by atoms with Crippen molar-refractivity contribution in [3.63, 3.8) is 0 Å². The molecule has 162 valence electrons. The third-order valence-electron chi connectivity index (χ3n) is 6.25. The number of quaternary nitrogens is 1. The highest BCUT2D eigenvalue weighted by molar-refractivity contribution is 5.13. The first-order chi connectivity index (χ1) is 13.6. The van der Waals surface area contributed by atoms with E-state index in [0.29, 0.717) is 0 Å². The molecule has 1 heteroatoms. The second kappa shape index (κ2) is 16.0. The molecule has 1 rings (SSSR count). The van der Waals surface area contributed by atoms with Crippen LogP contribution in [-0.4, -0.2) is 25.1 Å². The van der Waals surface area contributed by atoms with Gasteiger partial charge in [-0.2, -0.15) is 0 Å². The minimum Gasteiger partial charge on any atom is -0.325 e. The zero-order valence-corrected chi connectivity index (χ0v) is 19.7. The molecule has 0 aromatic heterocycles. The Bertz CT molecular complexity index is 451. The Kier molecular flexibility index (Phi) is 14.4. The Balaban J connectivity index is 2.05. The second-order valence-electron chi connectivity index (χ2n) is 9.71. The molecule has 0 radical (unpaired) electrons. The third kappa shape index (κ3) is 13.4. The fourth-order valence-corrected chi connectivity index (χ4v) is 4.54. The van der Waals surface area contributed by atoms with Gasteiger partial charge in [-0.05, 0) is 12.8 Å². The Morgan fingerprint density at radius 3 is 1.68 bits per heavy atom. The maximum absolute atomic E-state index is 2.40. The molecule has 0 aliphatic carbocycles. The lowest BCUT2D eigenvalue weighted by Gasteiger charge is -2.33. The van der Waals surface area contributed by atoms with E-state index in [2.05, 4.69) is 58.3 Å². The van der Waals surface area contributed by atoms with Crippen molar-refractivity contribution >= 4 is 0 Å². The Morgan fingerprint density at radius 1 is 0.679 bits per heavy atom. The predicted octanol–water partition coefficient (Wildman–Crippen LogP) is 8.38. The average Bonchev–Trinajstić information content (AvgIpc) is 2.68. The van der Waals surface area contributed by atoms with E-state index >= 15 is 0 Å². The van der Waals surface area contributed by atoms with Gasteiger partial charge in [0.05, 0.1) is 20.6 Å². The number of rotatable bonds is 18. The van der Waals surface area contributed by atoms with Gasteiger partial charge in [-0.25, -0.2) is 0 Å². The average molecular weight is 389 g/mol. The van der Waals surface area contributed by atoms with Crippen LogP contribution in [0.25, 0.3) is 0 Å². The molecule has 0 spiro atoms. The van der Waals surface area contributed by atoms with Gasteiger partial charge in [-0.1, -0.05) is 121 Å². The molecular formula is C27H50N+. The molecule has 0 amide bonds. The molecule has 0 saturated heterocycles. The van der Waals surface area contributed by atoms with E-state index in [9.17, 15) is 0 Å². The van der Waals surface area contributed by atoms with Crippen molar-refractivity contribution in [1.82, 2.24) is 0 Å². The first kappa shape index (κ1) is 25.2. The van der Waals surface area contributed by atoms with Gasteiger partial charge in [0.2, 0.25) is 0 Å². The van der Waals surface area contributed by atoms with Crippen LogP contribution in [0.4, 0.5) is 0 Å². The van der Waals surface area contributed by atoms with Crippen molar-refractivity contribution < 1.29 is 4.48 Å². The smallest absolute Gasteiger partial charge is 0.104 e. The Morgan fingerprint density at radius 2 is 1.18 bits per heavy atom. The molecule has 1 unspecified atom stereocenters. The minimum atomic E-state index is 0.877. The van der Waals surface area contributed by atoms with Crippen LogP contribution < -0.4 is 0 Å². The number of unbranched alkanes of at least 4 members (excludes halogenated alkanes) is 11. The van der Waals surface area contributed by atoms with Crippen LogP contribution in [-0.2, 0) is 6.54 Å². The van der Waals surface area contributed by atoms with E-state index in [4.69, 9.17) is 0 Å². The normalized spacial score (nSPS) is 13.0. The van der Waals surface area contributed by atoms with Crippen molar-refractivity contribution in [3.05, 3.63) is 35.9 Å². The summed E-state index contributed by atoms with van der Waals surface area (Å²) in [7, 11) is 4.80. The van der Waals surface area contributed by atoms with E-state index < -0.39 is 0 Å². The van der Waals surface area contributed by atoms with Crippen LogP contribution in [0.15, 0.2) is 30.3 Å². The molecule has 0 bridgehead atoms. The summed E-state index contributed by atoms with van der Waals surface area (Å²) in [5.41, 5.74) is 1.47. The van der Waals surface area contributed by atoms with Gasteiger partial charge in [-0.15, -0.1) is 0 Å². The fourth-order valence-electron chi connectivity index (χ4n) is 4.54. The van der Waals surface area contributed by atoms with Crippen molar-refractivity contribution in [2.45, 2.75) is 110 Å². The first-order valence-corrected chi connectivity index (χ1v) is 12.4. The highest BCUT2D eigenvalue weighted by Gasteiger charge is 2.21. The fraction of sp³-hybridized carbons (Fsp3) is 0.778. The molecule has 1 nitrogen and oxygen atoms in total. The number of hydrogen-bond donors (Lipinski definition) is 0. The van der Waals surface area contributed by atoms with Gasteiger partial charge in [0.1, 0.15) is 6.54 Å². The maximum atomic E-state index is 2.40. The molecule has 1 aromatic rings. The molecule has 1 atom stereocenters. The van der Waals surface area contributed by atoms with Crippen LogP contribution in [0.5, 0.6) is 0 Å². The van der Waals surface area contributed by atoms with E-state index in [0.717, 1.165) is 16.9 Å². The highest BCUT2D eigenvalue weighted by Crippen LogP contribution is 2.20. The van der Waals surface area contributed by atoms with Crippen molar-refractivity contribution in [1.29, 1.82) is 0 Å². The van der Waals surface area contributed by atoms with Gasteiger partial charge in [-0.3, -0.25) is 0 Å². The summed E-state index contributed by atoms with van der Waals surface area (Å²) in [6.45, 7) is 7.14. The molecular weight excluding hydrogens is 338 g/mol. The Hall–Kier alpha value is -0.820. The van der Waals surface area contributed by atoms with Gasteiger partial charge in [0.15, 0.2) is 0 Å². The topological polar surface area (TPSA) is 0 Å². The van der Waals surface area contributed by atoms with Crippen LogP contribution in [0.1, 0.15) is 109 Å². The summed E-state index contributed by atoms with van der Waals surface area (Å²) < 4.78 is 1.11. The summed E-state index contributed by atoms with van der Waals surface area (Å²) in [5.74, 6) is 0.877. The minimum absolute atomic E-state index is 0.877. The summed E-state index contributed by atoms with van der Waals surface area (Å²) in [4.78, 5) is 0. The van der Waals surface area contributed by atoms with Crippen LogP contribution >= 0.6 is 0 Å². The van der Waals surface area contributed by atoms with Crippen molar-refractivity contribution in [2.75, 3.05) is 20.6 Å². The molecule has 1 aromatic carbocycles. The monoisotopic (exact) mass is 388 g/mol. The van der Waals surface area contributed by atoms with E-state index in [1.54, 1.807) is 0 Å². The van der Waals surface area contributed by atoms with Gasteiger partial charge < -0.3 is 4.48 Å². The number of nitrogens with zero attached hydrogens (tertiary/aromatic N) is 1. The summed E-state index contributed by atoms with van der Waals surface area (Å²) in [5, 5.41) is 0. The molecule has 0 aliphatic rings. The standard InChI is InChI=1S/C27H50N/c1-5-7-8-9-10-11-12-13-14-15-16-18-21-26(6-2)24-28(3,4)25-27-22-19-17-20-23-27/h17,19-20,22-23,26H,5-16,18,21,24-25H2,1-4H3/q+1. The maximum Gasteiger partial charge on any atom is 0.104 e. The van der Waals surface area contributed by atoms with E-state index in [-0.39, 0.29) is 0 Å². The lowest BCUT2D eigenvalue weighted by Crippen LogP contribution is -2.42. The van der Waals surface area contributed by atoms with Crippen LogP contribution in [0.3, 0.4) is 0 Å². The number of hydrogen-bond acceptors (Lipinski definition) is 0. The molecule has 28 heavy (non-hydrogen) atoms. The lowest BCUT2D eigenvalue weighted by molar-refractivity contribution is -0.907. The van der Waals surface area contributed by atoms with E-state index in [1.807, 2.05) is 0 Å². The Labute approximate surface area is 177 Å². The number of benzene rings is 1. The summed E-state index contributed by atoms with van der Waals surface area (Å²) in [6, 6.07) is 11.0. The molecule has 0 saturated carbocycles. The van der Waals surface area contributed by atoms with Crippen LogP contribution in [0.2, 0.25) is 0 Å². The third-order valence-corrected chi connectivity index (χ3v) is 6.25. The van der Waals surface area contributed by atoms with Crippen LogP contribution in [0, 0.1) is 5.92 Å². The molecule has 0 heterocycles. The first-order valence-electron chi connectivity index (χ1n) is 12.4. The lowest BCUT2D eigenvalue weighted by atomic mass is 9.96. The molecule has 0 N–H and O–H groups in total. The zero-order chi connectivity index (χ0) is 20.5. The second-order valence-corrected chi connectivity index (χ2v) is 9.71. The SMILES string of the molecule is CCCCCCCCCCCCCCC(CC)C[N+](C)(C)Cc1ccccc1. The largest absolute Gasteiger partial charge is 0.325 e. The molecule has 0 fully saturated rings. The molecule has 0 aliphatic heterocycles. The zero-order valence-electron chi connectivity index (χ0n) is 19.7. The highest BCUT2D eigenvalue weighted by atomic mass is 15.3. The summed E-state index contributed by atoms with van der Waals surface area (Å²) >= 11 is 0. The van der Waals surface area contributed by atoms with Gasteiger partial charge in [0.25, 0.3) is 0 Å². The van der Waals surface area contributed by atoms with Gasteiger partial charge in [0, 0.05) is 11.5 Å². The van der Waals surface area contributed by atoms with Crippen molar-refractivity contribution in [3.8, 4) is 0 Å². The predicted molar refractivity (Wildman–Crippen MR) is 127 cm³/mol. The quantitative estimate of drug-likeness (QED) is 0.175. The van der Waals surface area contributed by atoms with Crippen molar-refractivity contribution in [2.24, 2.45) is 5.92 Å².